The first-order chi connectivity index (χ1) is 14.0. The molecule has 1 aromatic carbocycles. The number of halogens is 1. The molecule has 0 fully saturated rings. The molecule has 2 aromatic heterocycles. The maximum Gasteiger partial charge on any atom is 0.311 e. The molecule has 12 heteroatoms. The molecule has 3 rings (SSSR count). The SMILES string of the molecule is CCOCn1cc(NC(=O)c2ccn(COc3cc(F)ccc3[N+](=O)[O-])n2)cn1. The lowest BCUT2D eigenvalue weighted by molar-refractivity contribution is -0.386. The van der Waals surface area contributed by atoms with Gasteiger partial charge in [-0.1, -0.05) is 0 Å². The Kier molecular flexibility index (Phi) is 6.14. The zero-order chi connectivity index (χ0) is 20.8. The highest BCUT2D eigenvalue weighted by Gasteiger charge is 2.17. The van der Waals surface area contributed by atoms with E-state index in [1.807, 2.05) is 6.92 Å². The van der Waals surface area contributed by atoms with Crippen LogP contribution in [0.25, 0.3) is 0 Å². The molecular weight excluding hydrogens is 387 g/mol. The average Bonchev–Trinajstić information content (AvgIpc) is 3.34. The minimum absolute atomic E-state index is 0.0971. The highest BCUT2D eigenvalue weighted by Crippen LogP contribution is 2.27. The highest BCUT2D eigenvalue weighted by atomic mass is 19.1. The Labute approximate surface area is 163 Å². The number of benzene rings is 1. The fourth-order valence-corrected chi connectivity index (χ4v) is 2.32. The Morgan fingerprint density at radius 1 is 1.31 bits per heavy atom. The van der Waals surface area contributed by atoms with Crippen LogP contribution in [-0.2, 0) is 18.2 Å². The van der Waals surface area contributed by atoms with Gasteiger partial charge >= 0.3 is 5.69 Å². The van der Waals surface area contributed by atoms with Gasteiger partial charge in [0.15, 0.2) is 12.4 Å². The first-order valence-electron chi connectivity index (χ1n) is 8.48. The zero-order valence-corrected chi connectivity index (χ0v) is 15.3. The molecule has 0 saturated heterocycles. The topological polar surface area (TPSA) is 126 Å². The number of amides is 1. The third kappa shape index (κ3) is 5.13. The van der Waals surface area contributed by atoms with Gasteiger partial charge in [0, 0.05) is 24.9 Å². The molecule has 11 nitrogen and oxygen atoms in total. The molecule has 0 aliphatic heterocycles. The van der Waals surface area contributed by atoms with Gasteiger partial charge in [0.25, 0.3) is 5.91 Å². The standard InChI is InChI=1S/C17H17FN6O5/c1-2-28-10-23-9-13(8-19-23)20-17(25)14-5-6-22(21-14)11-29-16-7-12(18)3-4-15(16)24(26)27/h3-9H,2,10-11H2,1H3,(H,20,25). The summed E-state index contributed by atoms with van der Waals surface area (Å²) in [6.45, 7) is 2.42. The van der Waals surface area contributed by atoms with Crippen molar-refractivity contribution in [3.63, 3.8) is 0 Å². The summed E-state index contributed by atoms with van der Waals surface area (Å²) in [5.74, 6) is -1.38. The normalized spacial score (nSPS) is 10.7. The molecule has 0 aliphatic carbocycles. The number of nitro benzene ring substituents is 1. The van der Waals surface area contributed by atoms with Crippen molar-refractivity contribution in [1.82, 2.24) is 19.6 Å². The number of anilines is 1. The molecule has 0 atom stereocenters. The van der Waals surface area contributed by atoms with Crippen molar-refractivity contribution in [2.45, 2.75) is 20.4 Å². The molecule has 3 aromatic rings. The fraction of sp³-hybridized carbons (Fsp3) is 0.235. The van der Waals surface area contributed by atoms with Crippen LogP contribution < -0.4 is 10.1 Å². The van der Waals surface area contributed by atoms with Crippen molar-refractivity contribution >= 4 is 17.3 Å². The lowest BCUT2D eigenvalue weighted by Gasteiger charge is -2.07. The molecule has 0 spiro atoms. The lowest BCUT2D eigenvalue weighted by Crippen LogP contribution is -2.14. The number of carbonyl (C=O) groups is 1. The minimum Gasteiger partial charge on any atom is -0.464 e. The Morgan fingerprint density at radius 2 is 2.14 bits per heavy atom. The van der Waals surface area contributed by atoms with Gasteiger partial charge in [0.1, 0.15) is 12.5 Å². The summed E-state index contributed by atoms with van der Waals surface area (Å²) >= 11 is 0. The molecule has 0 bridgehead atoms. The molecule has 0 aliphatic rings. The van der Waals surface area contributed by atoms with Crippen LogP contribution in [0.4, 0.5) is 15.8 Å². The largest absolute Gasteiger partial charge is 0.464 e. The summed E-state index contributed by atoms with van der Waals surface area (Å²) in [5, 5.41) is 21.7. The molecule has 0 radical (unpaired) electrons. The van der Waals surface area contributed by atoms with Gasteiger partial charge in [-0.05, 0) is 19.1 Å². The molecule has 1 N–H and O–H groups in total. The van der Waals surface area contributed by atoms with E-state index >= 15 is 0 Å². The lowest BCUT2D eigenvalue weighted by atomic mass is 10.3. The summed E-state index contributed by atoms with van der Waals surface area (Å²) in [6.07, 6.45) is 4.54. The van der Waals surface area contributed by atoms with Crippen molar-refractivity contribution in [2.24, 2.45) is 0 Å². The maximum absolute atomic E-state index is 13.3. The van der Waals surface area contributed by atoms with Crippen LogP contribution in [0, 0.1) is 15.9 Å². The second kappa shape index (κ2) is 8.93. The van der Waals surface area contributed by atoms with Crippen molar-refractivity contribution < 1.29 is 23.6 Å². The third-order valence-electron chi connectivity index (χ3n) is 3.66. The first-order valence-corrected chi connectivity index (χ1v) is 8.48. The summed E-state index contributed by atoms with van der Waals surface area (Å²) in [5.41, 5.74) is 0.191. The van der Waals surface area contributed by atoms with Crippen LogP contribution in [0.15, 0.2) is 42.9 Å². The second-order valence-electron chi connectivity index (χ2n) is 5.73. The summed E-state index contributed by atoms with van der Waals surface area (Å²) in [6, 6.07) is 4.34. The Bertz CT molecular complexity index is 1020. The zero-order valence-electron chi connectivity index (χ0n) is 15.3. The summed E-state index contributed by atoms with van der Waals surface area (Å²) in [4.78, 5) is 22.6. The minimum atomic E-state index is -0.678. The number of nitro groups is 1. The summed E-state index contributed by atoms with van der Waals surface area (Å²) in [7, 11) is 0. The number of ether oxygens (including phenoxy) is 2. The molecule has 29 heavy (non-hydrogen) atoms. The fourth-order valence-electron chi connectivity index (χ4n) is 2.32. The van der Waals surface area contributed by atoms with Gasteiger partial charge in [0.05, 0.1) is 23.0 Å². The molecular formula is C17H17FN6O5. The van der Waals surface area contributed by atoms with Crippen LogP contribution in [-0.4, -0.2) is 37.0 Å². The maximum atomic E-state index is 13.3. The van der Waals surface area contributed by atoms with Crippen LogP contribution in [0.2, 0.25) is 0 Å². The van der Waals surface area contributed by atoms with Crippen molar-refractivity contribution in [3.05, 3.63) is 64.5 Å². The molecule has 0 unspecified atom stereocenters. The number of nitrogens with zero attached hydrogens (tertiary/aromatic N) is 5. The van der Waals surface area contributed by atoms with Gasteiger partial charge in [-0.15, -0.1) is 0 Å². The second-order valence-corrected chi connectivity index (χ2v) is 5.73. The van der Waals surface area contributed by atoms with E-state index in [1.165, 1.54) is 27.8 Å². The summed E-state index contributed by atoms with van der Waals surface area (Å²) < 4.78 is 26.6. The van der Waals surface area contributed by atoms with E-state index in [-0.39, 0.29) is 30.6 Å². The van der Waals surface area contributed by atoms with Gasteiger partial charge in [-0.2, -0.15) is 10.2 Å². The van der Waals surface area contributed by atoms with Gasteiger partial charge in [0.2, 0.25) is 5.75 Å². The molecule has 1 amide bonds. The van der Waals surface area contributed by atoms with E-state index in [4.69, 9.17) is 9.47 Å². The van der Waals surface area contributed by atoms with E-state index in [2.05, 4.69) is 15.5 Å². The van der Waals surface area contributed by atoms with Crippen LogP contribution >= 0.6 is 0 Å². The van der Waals surface area contributed by atoms with E-state index in [0.29, 0.717) is 12.3 Å². The van der Waals surface area contributed by atoms with E-state index in [0.717, 1.165) is 18.2 Å². The van der Waals surface area contributed by atoms with Gasteiger partial charge < -0.3 is 14.8 Å². The number of rotatable bonds is 9. The van der Waals surface area contributed by atoms with Crippen LogP contribution in [0.1, 0.15) is 17.4 Å². The van der Waals surface area contributed by atoms with E-state index in [1.54, 1.807) is 6.20 Å². The van der Waals surface area contributed by atoms with E-state index in [9.17, 15) is 19.3 Å². The quantitative estimate of drug-likeness (QED) is 0.429. The molecule has 2 heterocycles. The van der Waals surface area contributed by atoms with Crippen molar-refractivity contribution in [1.29, 1.82) is 0 Å². The van der Waals surface area contributed by atoms with Gasteiger partial charge in [-0.3, -0.25) is 14.9 Å². The number of hydrogen-bond donors (Lipinski definition) is 1. The Balaban J connectivity index is 1.61. The molecule has 0 saturated carbocycles. The molecule has 152 valence electrons. The number of aromatic nitrogens is 4. The predicted molar refractivity (Wildman–Crippen MR) is 97.7 cm³/mol. The predicted octanol–water partition coefficient (Wildman–Crippen LogP) is 2.41. The monoisotopic (exact) mass is 404 g/mol. The smallest absolute Gasteiger partial charge is 0.311 e. The van der Waals surface area contributed by atoms with Crippen molar-refractivity contribution in [2.75, 3.05) is 11.9 Å². The Hall–Kier alpha value is -3.80. The van der Waals surface area contributed by atoms with Crippen LogP contribution in [0.3, 0.4) is 0 Å². The number of hydrogen-bond acceptors (Lipinski definition) is 7. The van der Waals surface area contributed by atoms with Crippen LogP contribution in [0.5, 0.6) is 5.75 Å². The third-order valence-corrected chi connectivity index (χ3v) is 3.66. The highest BCUT2D eigenvalue weighted by molar-refractivity contribution is 6.02. The number of carbonyl (C=O) groups excluding carboxylic acids is 1. The van der Waals surface area contributed by atoms with E-state index < -0.39 is 16.6 Å². The van der Waals surface area contributed by atoms with Crippen molar-refractivity contribution in [3.8, 4) is 5.75 Å². The average molecular weight is 404 g/mol. The number of nitrogens with one attached hydrogen (secondary N) is 1. The Morgan fingerprint density at radius 3 is 2.90 bits per heavy atom. The first kappa shape index (κ1) is 19.9. The van der Waals surface area contributed by atoms with Gasteiger partial charge in [-0.25, -0.2) is 13.8 Å².